The van der Waals surface area contributed by atoms with E-state index < -0.39 is 15.9 Å². The summed E-state index contributed by atoms with van der Waals surface area (Å²) in [7, 11) is -3.50. The molecular formula is C21H24N4O4S. The van der Waals surface area contributed by atoms with Gasteiger partial charge in [0.1, 0.15) is 5.82 Å². The Bertz CT molecular complexity index is 1060. The molecule has 2 aromatic rings. The number of hydrogen-bond acceptors (Lipinski definition) is 5. The van der Waals surface area contributed by atoms with E-state index in [1.807, 2.05) is 19.1 Å². The Balaban J connectivity index is 1.44. The zero-order valence-electron chi connectivity index (χ0n) is 16.7. The molecule has 9 heteroatoms. The number of nitrogens with one attached hydrogen (secondary N) is 1. The Kier molecular flexibility index (Phi) is 5.57. The van der Waals surface area contributed by atoms with E-state index in [2.05, 4.69) is 10.3 Å². The molecule has 0 unspecified atom stereocenters. The highest BCUT2D eigenvalue weighted by Crippen LogP contribution is 2.28. The molecule has 2 aliphatic rings. The van der Waals surface area contributed by atoms with Gasteiger partial charge in [0.05, 0.1) is 10.8 Å². The van der Waals surface area contributed by atoms with Gasteiger partial charge in [-0.25, -0.2) is 13.4 Å². The smallest absolute Gasteiger partial charge is 0.243 e. The van der Waals surface area contributed by atoms with Crippen molar-refractivity contribution in [1.29, 1.82) is 0 Å². The van der Waals surface area contributed by atoms with Crippen LogP contribution in [0.1, 0.15) is 25.0 Å². The zero-order chi connectivity index (χ0) is 21.3. The lowest BCUT2D eigenvalue weighted by Gasteiger charge is -2.19. The molecule has 4 rings (SSSR count). The predicted molar refractivity (Wildman–Crippen MR) is 112 cm³/mol. The van der Waals surface area contributed by atoms with Crippen molar-refractivity contribution in [2.45, 2.75) is 31.1 Å². The molecule has 1 aromatic heterocycles. The maximum atomic E-state index is 12.7. The number of aromatic nitrogens is 1. The number of amides is 2. The molecule has 0 radical (unpaired) electrons. The van der Waals surface area contributed by atoms with Gasteiger partial charge in [-0.1, -0.05) is 6.07 Å². The minimum Gasteiger partial charge on any atom is -0.312 e. The summed E-state index contributed by atoms with van der Waals surface area (Å²) in [6, 6.07) is 11.7. The molecule has 1 N–H and O–H groups in total. The van der Waals surface area contributed by atoms with Crippen molar-refractivity contribution >= 4 is 33.3 Å². The fraction of sp³-hybridized carbons (Fsp3) is 0.381. The average Bonchev–Trinajstić information content (AvgIpc) is 3.38. The van der Waals surface area contributed by atoms with Crippen LogP contribution < -0.4 is 10.2 Å². The first-order valence-electron chi connectivity index (χ1n) is 10.00. The molecule has 0 saturated carbocycles. The number of anilines is 2. The van der Waals surface area contributed by atoms with Crippen molar-refractivity contribution in [2.24, 2.45) is 5.92 Å². The summed E-state index contributed by atoms with van der Waals surface area (Å²) in [5.41, 5.74) is 1.38. The summed E-state index contributed by atoms with van der Waals surface area (Å²) in [5.74, 6) is -0.449. The summed E-state index contributed by atoms with van der Waals surface area (Å²) in [6.07, 6.45) is 1.85. The lowest BCUT2D eigenvalue weighted by Crippen LogP contribution is -2.29. The summed E-state index contributed by atoms with van der Waals surface area (Å²) >= 11 is 0. The number of rotatable bonds is 5. The van der Waals surface area contributed by atoms with Gasteiger partial charge in [0.25, 0.3) is 0 Å². The molecule has 3 heterocycles. The fourth-order valence-corrected chi connectivity index (χ4v) is 5.37. The van der Waals surface area contributed by atoms with Gasteiger partial charge in [0.15, 0.2) is 0 Å². The van der Waals surface area contributed by atoms with Crippen molar-refractivity contribution in [3.05, 3.63) is 48.2 Å². The molecule has 158 valence electrons. The van der Waals surface area contributed by atoms with E-state index in [-0.39, 0.29) is 29.7 Å². The number of hydrogen-bond donors (Lipinski definition) is 1. The van der Waals surface area contributed by atoms with Crippen molar-refractivity contribution in [1.82, 2.24) is 9.29 Å². The zero-order valence-corrected chi connectivity index (χ0v) is 17.6. The molecule has 1 aromatic carbocycles. The molecule has 2 saturated heterocycles. The molecule has 0 bridgehead atoms. The first-order valence-corrected chi connectivity index (χ1v) is 11.4. The van der Waals surface area contributed by atoms with E-state index in [9.17, 15) is 18.0 Å². The molecule has 2 fully saturated rings. The third-order valence-electron chi connectivity index (χ3n) is 5.49. The highest BCUT2D eigenvalue weighted by molar-refractivity contribution is 7.89. The molecule has 8 nitrogen and oxygen atoms in total. The highest BCUT2D eigenvalue weighted by Gasteiger charge is 2.35. The standard InChI is InChI=1S/C21H24N4O4S/c1-15-5-4-6-19(22-15)23-21(27)16-13-20(26)25(14-16)17-7-9-18(10-8-17)30(28,29)24-11-2-3-12-24/h4-10,16H,2-3,11-14H2,1H3,(H,22,23,27)/t16-/m1/s1. The average molecular weight is 429 g/mol. The van der Waals surface area contributed by atoms with Crippen molar-refractivity contribution in [3.63, 3.8) is 0 Å². The molecular weight excluding hydrogens is 404 g/mol. The van der Waals surface area contributed by atoms with E-state index in [1.165, 1.54) is 21.3 Å². The Morgan fingerprint density at radius 3 is 2.47 bits per heavy atom. The lowest BCUT2D eigenvalue weighted by molar-refractivity contribution is -0.122. The van der Waals surface area contributed by atoms with Crippen LogP contribution in [0, 0.1) is 12.8 Å². The number of benzene rings is 1. The summed E-state index contributed by atoms with van der Waals surface area (Å²) in [4.78, 5) is 31.1. The largest absolute Gasteiger partial charge is 0.312 e. The third-order valence-corrected chi connectivity index (χ3v) is 7.40. The Morgan fingerprint density at radius 2 is 1.80 bits per heavy atom. The number of carbonyl (C=O) groups is 2. The Morgan fingerprint density at radius 1 is 1.10 bits per heavy atom. The second kappa shape index (κ2) is 8.16. The predicted octanol–water partition coefficient (Wildman–Crippen LogP) is 2.17. The van der Waals surface area contributed by atoms with E-state index >= 15 is 0 Å². The van der Waals surface area contributed by atoms with Gasteiger partial charge in [0, 0.05) is 37.4 Å². The normalized spacial score (nSPS) is 20.0. The number of aryl methyl sites for hydroxylation is 1. The van der Waals surface area contributed by atoms with Crippen LogP contribution in [0.4, 0.5) is 11.5 Å². The van der Waals surface area contributed by atoms with E-state index in [0.29, 0.717) is 24.6 Å². The second-order valence-corrected chi connectivity index (χ2v) is 9.60. The summed E-state index contributed by atoms with van der Waals surface area (Å²) in [5, 5.41) is 2.76. The third kappa shape index (κ3) is 4.08. The first-order chi connectivity index (χ1) is 14.3. The van der Waals surface area contributed by atoms with Crippen LogP contribution in [0.2, 0.25) is 0 Å². The lowest BCUT2D eigenvalue weighted by atomic mass is 10.1. The van der Waals surface area contributed by atoms with Crippen LogP contribution in [0.3, 0.4) is 0 Å². The second-order valence-electron chi connectivity index (χ2n) is 7.66. The minimum absolute atomic E-state index is 0.103. The van der Waals surface area contributed by atoms with E-state index in [1.54, 1.807) is 18.2 Å². The van der Waals surface area contributed by atoms with E-state index in [4.69, 9.17) is 0 Å². The molecule has 0 aliphatic carbocycles. The summed E-state index contributed by atoms with van der Waals surface area (Å²) in [6.45, 7) is 3.17. The molecule has 0 spiro atoms. The monoisotopic (exact) mass is 428 g/mol. The van der Waals surface area contributed by atoms with Gasteiger partial charge >= 0.3 is 0 Å². The number of pyridine rings is 1. The first kappa shape index (κ1) is 20.5. The topological polar surface area (TPSA) is 99.7 Å². The summed E-state index contributed by atoms with van der Waals surface area (Å²) < 4.78 is 26.8. The van der Waals surface area contributed by atoms with Crippen LogP contribution in [-0.2, 0) is 19.6 Å². The Labute approximate surface area is 175 Å². The van der Waals surface area contributed by atoms with Crippen LogP contribution in [0.15, 0.2) is 47.4 Å². The number of sulfonamides is 1. The number of carbonyl (C=O) groups excluding carboxylic acids is 2. The minimum atomic E-state index is -3.50. The van der Waals surface area contributed by atoms with Gasteiger partial charge in [-0.3, -0.25) is 9.59 Å². The molecule has 2 aliphatic heterocycles. The molecule has 2 amide bonds. The van der Waals surface area contributed by atoms with Crippen LogP contribution in [0.5, 0.6) is 0 Å². The van der Waals surface area contributed by atoms with Crippen molar-refractivity contribution in [2.75, 3.05) is 29.9 Å². The highest BCUT2D eigenvalue weighted by atomic mass is 32.2. The van der Waals surface area contributed by atoms with Crippen LogP contribution in [0.25, 0.3) is 0 Å². The van der Waals surface area contributed by atoms with E-state index in [0.717, 1.165) is 18.5 Å². The van der Waals surface area contributed by atoms with Crippen LogP contribution >= 0.6 is 0 Å². The maximum Gasteiger partial charge on any atom is 0.243 e. The number of nitrogens with zero attached hydrogens (tertiary/aromatic N) is 3. The maximum absolute atomic E-state index is 12.7. The van der Waals surface area contributed by atoms with Gasteiger partial charge in [0.2, 0.25) is 21.8 Å². The molecule has 30 heavy (non-hydrogen) atoms. The molecule has 1 atom stereocenters. The SMILES string of the molecule is Cc1cccc(NC(=O)[C@@H]2CC(=O)N(c3ccc(S(=O)(=O)N4CCCC4)cc3)C2)n1. The van der Waals surface area contributed by atoms with Gasteiger partial charge in [-0.2, -0.15) is 4.31 Å². The Hall–Kier alpha value is -2.78. The quantitative estimate of drug-likeness (QED) is 0.787. The van der Waals surface area contributed by atoms with Crippen molar-refractivity contribution < 1.29 is 18.0 Å². The van der Waals surface area contributed by atoms with Crippen molar-refractivity contribution in [3.8, 4) is 0 Å². The fourth-order valence-electron chi connectivity index (χ4n) is 3.85. The van der Waals surface area contributed by atoms with Crippen LogP contribution in [-0.4, -0.2) is 49.2 Å². The van der Waals surface area contributed by atoms with Gasteiger partial charge in [-0.15, -0.1) is 0 Å². The van der Waals surface area contributed by atoms with Gasteiger partial charge in [-0.05, 0) is 56.2 Å². The van der Waals surface area contributed by atoms with Gasteiger partial charge < -0.3 is 10.2 Å².